The number of hydrogen-bond donors (Lipinski definition) is 0. The first-order valence-corrected chi connectivity index (χ1v) is 13.3. The summed E-state index contributed by atoms with van der Waals surface area (Å²) in [4.78, 5) is 16.2. The quantitative estimate of drug-likeness (QED) is 0.301. The molecular formula is C29H29NO4S. The van der Waals surface area contributed by atoms with Crippen LogP contribution >= 0.6 is 0 Å². The number of aromatic nitrogens is 1. The second-order valence-corrected chi connectivity index (χ2v) is 11.8. The van der Waals surface area contributed by atoms with Gasteiger partial charge in [0.15, 0.2) is 9.84 Å². The van der Waals surface area contributed by atoms with E-state index >= 15 is 0 Å². The second kappa shape index (κ2) is 9.62. The lowest BCUT2D eigenvalue weighted by atomic mass is 9.92. The number of hydrogen-bond acceptors (Lipinski definition) is 5. The van der Waals surface area contributed by atoms with Gasteiger partial charge >= 0.3 is 5.97 Å². The number of methoxy groups -OCH3 is 1. The van der Waals surface area contributed by atoms with Crippen LogP contribution in [0.2, 0.25) is 0 Å². The van der Waals surface area contributed by atoms with E-state index in [2.05, 4.69) is 17.1 Å². The zero-order chi connectivity index (χ0) is 25.2. The molecule has 4 aromatic rings. The fourth-order valence-electron chi connectivity index (χ4n) is 4.10. The molecule has 0 radical (unpaired) electrons. The van der Waals surface area contributed by atoms with Crippen LogP contribution in [-0.2, 0) is 30.5 Å². The highest BCUT2D eigenvalue weighted by Gasteiger charge is 2.33. The van der Waals surface area contributed by atoms with Gasteiger partial charge in [-0.25, -0.2) is 8.42 Å². The molecule has 0 aliphatic rings. The summed E-state index contributed by atoms with van der Waals surface area (Å²) in [5.41, 5.74) is 6.52. The molecular weight excluding hydrogens is 458 g/mol. The van der Waals surface area contributed by atoms with E-state index in [9.17, 15) is 13.2 Å². The summed E-state index contributed by atoms with van der Waals surface area (Å²) >= 11 is 0. The van der Waals surface area contributed by atoms with Crippen LogP contribution < -0.4 is 0 Å². The van der Waals surface area contributed by atoms with Crippen LogP contribution in [0.25, 0.3) is 33.2 Å². The number of carbonyl (C=O) groups is 1. The Morgan fingerprint density at radius 2 is 1.60 bits per heavy atom. The van der Waals surface area contributed by atoms with E-state index in [1.54, 1.807) is 20.0 Å². The highest BCUT2D eigenvalue weighted by molar-refractivity contribution is 7.91. The van der Waals surface area contributed by atoms with Crippen molar-refractivity contribution in [1.82, 2.24) is 4.98 Å². The minimum absolute atomic E-state index is 0.228. The zero-order valence-corrected chi connectivity index (χ0v) is 21.2. The molecule has 0 aliphatic heterocycles. The average molecular weight is 488 g/mol. The van der Waals surface area contributed by atoms with Gasteiger partial charge in [0, 0.05) is 29.8 Å². The summed E-state index contributed by atoms with van der Waals surface area (Å²) in [7, 11) is -1.95. The summed E-state index contributed by atoms with van der Waals surface area (Å²) < 4.78 is 28.9. The third-order valence-electron chi connectivity index (χ3n) is 6.61. The number of sulfone groups is 1. The van der Waals surface area contributed by atoms with Crippen molar-refractivity contribution in [2.75, 3.05) is 13.4 Å². The third-order valence-corrected chi connectivity index (χ3v) is 8.70. The number of esters is 1. The van der Waals surface area contributed by atoms with Crippen LogP contribution in [0.15, 0.2) is 79.0 Å². The third kappa shape index (κ3) is 5.13. The predicted octanol–water partition coefficient (Wildman–Crippen LogP) is 5.95. The topological polar surface area (TPSA) is 73.3 Å². The smallest absolute Gasteiger partial charge is 0.305 e. The molecule has 0 saturated heterocycles. The van der Waals surface area contributed by atoms with E-state index in [0.29, 0.717) is 12.8 Å². The van der Waals surface area contributed by atoms with Gasteiger partial charge in [0.1, 0.15) is 0 Å². The van der Waals surface area contributed by atoms with E-state index in [-0.39, 0.29) is 5.97 Å². The number of aryl methyl sites for hydroxylation is 1. The first-order chi connectivity index (χ1) is 16.6. The number of pyridine rings is 1. The molecule has 0 spiro atoms. The first-order valence-electron chi connectivity index (χ1n) is 11.5. The minimum Gasteiger partial charge on any atom is -0.469 e. The van der Waals surface area contributed by atoms with Gasteiger partial charge in [0.25, 0.3) is 0 Å². The van der Waals surface area contributed by atoms with E-state index in [4.69, 9.17) is 4.74 Å². The fraction of sp³-hybridized carbons (Fsp3) is 0.241. The predicted molar refractivity (Wildman–Crippen MR) is 141 cm³/mol. The van der Waals surface area contributed by atoms with Crippen molar-refractivity contribution in [2.24, 2.45) is 0 Å². The van der Waals surface area contributed by atoms with E-state index in [1.165, 1.54) is 13.4 Å². The minimum atomic E-state index is -3.35. The highest BCUT2D eigenvalue weighted by Crippen LogP contribution is 2.37. The van der Waals surface area contributed by atoms with Crippen molar-refractivity contribution in [3.05, 3.63) is 90.1 Å². The van der Waals surface area contributed by atoms with Crippen molar-refractivity contribution >= 4 is 26.7 Å². The molecule has 180 valence electrons. The lowest BCUT2D eigenvalue weighted by Crippen LogP contribution is -2.28. The van der Waals surface area contributed by atoms with Gasteiger partial charge in [-0.2, -0.15) is 0 Å². The molecule has 0 amide bonds. The Bertz CT molecular complexity index is 1510. The Morgan fingerprint density at radius 3 is 2.31 bits per heavy atom. The zero-order valence-electron chi connectivity index (χ0n) is 20.4. The largest absolute Gasteiger partial charge is 0.469 e. The molecule has 0 aliphatic carbocycles. The van der Waals surface area contributed by atoms with Crippen molar-refractivity contribution in [3.63, 3.8) is 0 Å². The highest BCUT2D eigenvalue weighted by atomic mass is 32.2. The molecule has 3 aromatic carbocycles. The summed E-state index contributed by atoms with van der Waals surface area (Å²) in [6.07, 6.45) is 3.97. The Hall–Kier alpha value is -3.51. The molecule has 0 unspecified atom stereocenters. The van der Waals surface area contributed by atoms with Gasteiger partial charge in [-0.15, -0.1) is 0 Å². The van der Waals surface area contributed by atoms with Gasteiger partial charge in [-0.1, -0.05) is 48.5 Å². The lowest BCUT2D eigenvalue weighted by Gasteiger charge is -2.24. The van der Waals surface area contributed by atoms with Crippen LogP contribution in [0.5, 0.6) is 0 Å². The van der Waals surface area contributed by atoms with Crippen LogP contribution in [0.1, 0.15) is 31.4 Å². The number of benzene rings is 3. The van der Waals surface area contributed by atoms with E-state index < -0.39 is 14.6 Å². The molecule has 1 aromatic heterocycles. The number of carbonyl (C=O) groups excluding carboxylic acids is 1. The average Bonchev–Trinajstić information content (AvgIpc) is 2.86. The van der Waals surface area contributed by atoms with Gasteiger partial charge in [0.05, 0.1) is 17.4 Å². The van der Waals surface area contributed by atoms with Gasteiger partial charge < -0.3 is 4.74 Å². The first kappa shape index (κ1) is 24.6. The number of ether oxygens (including phenoxy) is 1. The van der Waals surface area contributed by atoms with Crippen LogP contribution in [-0.4, -0.2) is 32.7 Å². The summed E-state index contributed by atoms with van der Waals surface area (Å²) in [5, 5.41) is 0.895. The Balaban J connectivity index is 1.81. The standard InChI is InChI=1S/C29H29NO4S/c1-29(2,35(4,32)33)25-18-24-12-7-15-30-28(24)26(19-25)23-11-6-10-22(17-23)21-9-5-8-20(16-21)13-14-27(31)34-3/h5-12,15-19H,13-14H2,1-4H3. The van der Waals surface area contributed by atoms with Crippen molar-refractivity contribution in [2.45, 2.75) is 31.4 Å². The number of nitrogens with zero attached hydrogens (tertiary/aromatic N) is 1. The molecule has 1 heterocycles. The monoisotopic (exact) mass is 487 g/mol. The second-order valence-electron chi connectivity index (χ2n) is 9.24. The normalized spacial score (nSPS) is 12.0. The van der Waals surface area contributed by atoms with Crippen LogP contribution in [0.4, 0.5) is 0 Å². The Morgan fingerprint density at radius 1 is 0.914 bits per heavy atom. The van der Waals surface area contributed by atoms with Gasteiger partial charge in [-0.05, 0) is 72.4 Å². The molecule has 0 fully saturated rings. The van der Waals surface area contributed by atoms with E-state index in [0.717, 1.165) is 44.3 Å². The van der Waals surface area contributed by atoms with Gasteiger partial charge in [-0.3, -0.25) is 9.78 Å². The fourth-order valence-corrected chi connectivity index (χ4v) is 4.64. The summed E-state index contributed by atoms with van der Waals surface area (Å²) in [6.45, 7) is 3.47. The molecule has 35 heavy (non-hydrogen) atoms. The molecule has 6 heteroatoms. The Labute approximate surface area is 206 Å². The number of fused-ring (bicyclic) bond motifs is 1. The number of rotatable bonds is 7. The molecule has 0 N–H and O–H groups in total. The van der Waals surface area contributed by atoms with Crippen LogP contribution in [0.3, 0.4) is 0 Å². The van der Waals surface area contributed by atoms with Gasteiger partial charge in [0.2, 0.25) is 0 Å². The van der Waals surface area contributed by atoms with Crippen molar-refractivity contribution in [3.8, 4) is 22.3 Å². The Kier molecular flexibility index (Phi) is 6.77. The SMILES string of the molecule is COC(=O)CCc1cccc(-c2cccc(-c3cc(C(C)(C)S(C)(=O)=O)cc4cccnc34)c2)c1. The maximum absolute atomic E-state index is 12.6. The summed E-state index contributed by atoms with van der Waals surface area (Å²) in [5.74, 6) is -0.228. The van der Waals surface area contributed by atoms with E-state index in [1.807, 2.05) is 60.7 Å². The lowest BCUT2D eigenvalue weighted by molar-refractivity contribution is -0.140. The molecule has 0 atom stereocenters. The molecule has 5 nitrogen and oxygen atoms in total. The van der Waals surface area contributed by atoms with Crippen LogP contribution in [0, 0.1) is 0 Å². The molecule has 0 bridgehead atoms. The van der Waals surface area contributed by atoms with Crippen molar-refractivity contribution in [1.29, 1.82) is 0 Å². The maximum Gasteiger partial charge on any atom is 0.305 e. The molecule has 0 saturated carbocycles. The van der Waals surface area contributed by atoms with Crippen molar-refractivity contribution < 1.29 is 17.9 Å². The molecule has 4 rings (SSSR count). The maximum atomic E-state index is 12.6. The summed E-state index contributed by atoms with van der Waals surface area (Å²) in [6, 6.07) is 24.0.